The summed E-state index contributed by atoms with van der Waals surface area (Å²) >= 11 is 3.52. The average Bonchev–Trinajstić information content (AvgIpc) is 2.80. The van der Waals surface area contributed by atoms with E-state index in [0.717, 1.165) is 42.4 Å². The molecule has 0 spiro atoms. The Morgan fingerprint density at radius 2 is 1.81 bits per heavy atom. The summed E-state index contributed by atoms with van der Waals surface area (Å²) in [6.45, 7) is 4.38. The Morgan fingerprint density at radius 1 is 1.03 bits per heavy atom. The first-order valence-corrected chi connectivity index (χ1v) is 11.6. The summed E-state index contributed by atoms with van der Waals surface area (Å²) in [6.07, 6.45) is 3.98. The summed E-state index contributed by atoms with van der Waals surface area (Å²) in [5.41, 5.74) is 1.63. The topological polar surface area (TPSA) is 67.9 Å². The zero-order chi connectivity index (χ0) is 22.1. The Balaban J connectivity index is 1.57. The zero-order valence-corrected chi connectivity index (χ0v) is 19.4. The summed E-state index contributed by atoms with van der Waals surface area (Å²) in [5, 5.41) is 2.94. The van der Waals surface area contributed by atoms with Crippen LogP contribution in [-0.4, -0.2) is 49.6 Å². The lowest BCUT2D eigenvalue weighted by atomic mass is 10.1. The van der Waals surface area contributed by atoms with Gasteiger partial charge in [0.1, 0.15) is 0 Å². The van der Waals surface area contributed by atoms with Crippen LogP contribution in [-0.2, 0) is 11.2 Å². The van der Waals surface area contributed by atoms with Crippen LogP contribution in [0.1, 0.15) is 42.1 Å². The number of ether oxygens (including phenoxy) is 2. The van der Waals surface area contributed by atoms with Gasteiger partial charge in [0.15, 0.2) is 18.1 Å². The Kier molecular flexibility index (Phi) is 8.76. The Labute approximate surface area is 192 Å². The molecule has 1 heterocycles. The van der Waals surface area contributed by atoms with Gasteiger partial charge >= 0.3 is 0 Å². The molecule has 0 radical (unpaired) electrons. The molecule has 0 bridgehead atoms. The van der Waals surface area contributed by atoms with Crippen molar-refractivity contribution in [2.45, 2.75) is 32.6 Å². The molecule has 31 heavy (non-hydrogen) atoms. The fourth-order valence-electron chi connectivity index (χ4n) is 3.52. The maximum atomic E-state index is 12.6. The number of nitrogens with one attached hydrogen (secondary N) is 1. The molecule has 0 aromatic heterocycles. The van der Waals surface area contributed by atoms with Crippen molar-refractivity contribution in [3.05, 3.63) is 58.1 Å². The quantitative estimate of drug-likeness (QED) is 0.573. The number of likely N-dealkylation sites (tertiary alicyclic amines) is 1. The van der Waals surface area contributed by atoms with E-state index in [9.17, 15) is 9.59 Å². The molecule has 0 atom stereocenters. The largest absolute Gasteiger partial charge is 0.490 e. The number of hydrogen-bond donors (Lipinski definition) is 1. The fourth-order valence-corrected chi connectivity index (χ4v) is 4.01. The van der Waals surface area contributed by atoms with Crippen LogP contribution in [0.5, 0.6) is 11.5 Å². The maximum Gasteiger partial charge on any atom is 0.260 e. The van der Waals surface area contributed by atoms with Crippen LogP contribution in [0.2, 0.25) is 0 Å². The highest BCUT2D eigenvalue weighted by Crippen LogP contribution is 2.29. The van der Waals surface area contributed by atoms with E-state index in [1.807, 2.05) is 36.1 Å². The van der Waals surface area contributed by atoms with Gasteiger partial charge in [0.25, 0.3) is 11.8 Å². The van der Waals surface area contributed by atoms with E-state index in [0.29, 0.717) is 30.2 Å². The van der Waals surface area contributed by atoms with Gasteiger partial charge in [-0.3, -0.25) is 9.59 Å². The fraction of sp³-hybridized carbons (Fsp3) is 0.417. The molecule has 0 saturated carbocycles. The lowest BCUT2D eigenvalue weighted by Crippen LogP contribution is -2.38. The van der Waals surface area contributed by atoms with Gasteiger partial charge in [-0.25, -0.2) is 0 Å². The molecule has 6 nitrogen and oxygen atoms in total. The highest BCUT2D eigenvalue weighted by atomic mass is 79.9. The first kappa shape index (κ1) is 23.1. The number of carbonyl (C=O) groups is 2. The molecule has 0 unspecified atom stereocenters. The van der Waals surface area contributed by atoms with Gasteiger partial charge in [-0.2, -0.15) is 0 Å². The van der Waals surface area contributed by atoms with Crippen LogP contribution in [0.25, 0.3) is 0 Å². The van der Waals surface area contributed by atoms with E-state index in [1.165, 1.54) is 6.42 Å². The molecule has 7 heteroatoms. The molecule has 2 amide bonds. The molecule has 2 aromatic carbocycles. The number of carbonyl (C=O) groups excluding carboxylic acids is 2. The highest BCUT2D eigenvalue weighted by Gasteiger charge is 2.18. The molecule has 1 fully saturated rings. The Morgan fingerprint density at radius 3 is 2.55 bits per heavy atom. The number of amides is 2. The first-order valence-electron chi connectivity index (χ1n) is 10.8. The molecular formula is C24H29BrN2O4. The smallest absolute Gasteiger partial charge is 0.260 e. The number of nitrogens with zero attached hydrogens (tertiary/aromatic N) is 1. The molecule has 1 aliphatic heterocycles. The van der Waals surface area contributed by atoms with E-state index in [1.54, 1.807) is 18.2 Å². The van der Waals surface area contributed by atoms with Gasteiger partial charge in [0, 0.05) is 29.7 Å². The molecule has 1 N–H and O–H groups in total. The number of rotatable bonds is 9. The number of piperidine rings is 1. The Hall–Kier alpha value is -2.54. The van der Waals surface area contributed by atoms with Crippen LogP contribution in [0, 0.1) is 0 Å². The summed E-state index contributed by atoms with van der Waals surface area (Å²) in [6, 6.07) is 13.0. The van der Waals surface area contributed by atoms with E-state index >= 15 is 0 Å². The van der Waals surface area contributed by atoms with Crippen molar-refractivity contribution in [2.75, 3.05) is 32.8 Å². The SMILES string of the molecule is CCOc1cc(C(=O)NCCc2ccccc2Br)ccc1OCC(=O)N1CCCCC1. The van der Waals surface area contributed by atoms with Crippen molar-refractivity contribution in [3.63, 3.8) is 0 Å². The van der Waals surface area contributed by atoms with Crippen molar-refractivity contribution in [3.8, 4) is 11.5 Å². The lowest BCUT2D eigenvalue weighted by Gasteiger charge is -2.26. The third-order valence-corrected chi connectivity index (χ3v) is 5.98. The van der Waals surface area contributed by atoms with Gasteiger partial charge in [0.2, 0.25) is 0 Å². The van der Waals surface area contributed by atoms with Crippen molar-refractivity contribution in [2.24, 2.45) is 0 Å². The minimum absolute atomic E-state index is 0.0176. The predicted octanol–water partition coefficient (Wildman–Crippen LogP) is 4.21. The minimum atomic E-state index is -0.177. The van der Waals surface area contributed by atoms with Crippen molar-refractivity contribution in [1.82, 2.24) is 10.2 Å². The van der Waals surface area contributed by atoms with E-state index in [-0.39, 0.29) is 18.4 Å². The molecule has 1 saturated heterocycles. The van der Waals surface area contributed by atoms with Gasteiger partial charge in [-0.05, 0) is 62.4 Å². The minimum Gasteiger partial charge on any atom is -0.490 e. The van der Waals surface area contributed by atoms with Crippen LogP contribution < -0.4 is 14.8 Å². The molecule has 166 valence electrons. The normalized spacial score (nSPS) is 13.5. The number of benzene rings is 2. The first-order chi connectivity index (χ1) is 15.1. The lowest BCUT2D eigenvalue weighted by molar-refractivity contribution is -0.134. The van der Waals surface area contributed by atoms with E-state index < -0.39 is 0 Å². The van der Waals surface area contributed by atoms with Crippen LogP contribution >= 0.6 is 15.9 Å². The third kappa shape index (κ3) is 6.72. The second-order valence-corrected chi connectivity index (χ2v) is 8.28. The molecular weight excluding hydrogens is 460 g/mol. The van der Waals surface area contributed by atoms with Gasteiger partial charge in [-0.15, -0.1) is 0 Å². The maximum absolute atomic E-state index is 12.6. The molecule has 2 aromatic rings. The summed E-state index contributed by atoms with van der Waals surface area (Å²) in [7, 11) is 0. The van der Waals surface area contributed by atoms with Crippen LogP contribution in [0.15, 0.2) is 46.9 Å². The standard InChI is InChI=1S/C24H29BrN2O4/c1-2-30-22-16-19(24(29)26-13-12-18-8-4-5-9-20(18)25)10-11-21(22)31-17-23(28)27-14-6-3-7-15-27/h4-5,8-11,16H,2-3,6-7,12-15,17H2,1H3,(H,26,29). The van der Waals surface area contributed by atoms with Gasteiger partial charge in [0.05, 0.1) is 6.61 Å². The van der Waals surface area contributed by atoms with Crippen molar-refractivity contribution < 1.29 is 19.1 Å². The molecule has 1 aliphatic rings. The van der Waals surface area contributed by atoms with E-state index in [4.69, 9.17) is 9.47 Å². The Bertz CT molecular complexity index is 897. The second kappa shape index (κ2) is 11.7. The average molecular weight is 489 g/mol. The number of hydrogen-bond acceptors (Lipinski definition) is 4. The van der Waals surface area contributed by atoms with Crippen LogP contribution in [0.3, 0.4) is 0 Å². The third-order valence-electron chi connectivity index (χ3n) is 5.20. The summed E-state index contributed by atoms with van der Waals surface area (Å²) in [4.78, 5) is 26.8. The van der Waals surface area contributed by atoms with Crippen molar-refractivity contribution >= 4 is 27.7 Å². The van der Waals surface area contributed by atoms with Gasteiger partial charge in [-0.1, -0.05) is 34.1 Å². The van der Waals surface area contributed by atoms with Gasteiger partial charge < -0.3 is 19.7 Å². The second-order valence-electron chi connectivity index (χ2n) is 7.42. The zero-order valence-electron chi connectivity index (χ0n) is 17.9. The van der Waals surface area contributed by atoms with E-state index in [2.05, 4.69) is 21.2 Å². The predicted molar refractivity (Wildman–Crippen MR) is 124 cm³/mol. The van der Waals surface area contributed by atoms with Crippen LogP contribution in [0.4, 0.5) is 0 Å². The van der Waals surface area contributed by atoms with Crippen molar-refractivity contribution in [1.29, 1.82) is 0 Å². The highest BCUT2D eigenvalue weighted by molar-refractivity contribution is 9.10. The molecule has 3 rings (SSSR count). The number of halogens is 1. The molecule has 0 aliphatic carbocycles. The summed E-state index contributed by atoms with van der Waals surface area (Å²) < 4.78 is 12.4. The monoisotopic (exact) mass is 488 g/mol. The summed E-state index contributed by atoms with van der Waals surface area (Å²) in [5.74, 6) is 0.740.